The molecular formula is C9H8Cl2FNS. The number of hydrogen-bond donors (Lipinski definition) is 1. The van der Waals surface area contributed by atoms with Gasteiger partial charge in [-0.3, -0.25) is 0 Å². The van der Waals surface area contributed by atoms with Gasteiger partial charge >= 0.3 is 0 Å². The molecule has 1 aromatic rings. The van der Waals surface area contributed by atoms with E-state index in [1.807, 2.05) is 0 Å². The smallest absolute Gasteiger partial charge is 0.126 e. The molecule has 1 aromatic carbocycles. The van der Waals surface area contributed by atoms with Crippen LogP contribution in [0.3, 0.4) is 0 Å². The van der Waals surface area contributed by atoms with Crippen molar-refractivity contribution in [1.82, 2.24) is 0 Å². The molecule has 0 bridgehead atoms. The minimum absolute atomic E-state index is 0.349. The number of halogens is 3. The molecule has 0 aliphatic carbocycles. The summed E-state index contributed by atoms with van der Waals surface area (Å²) in [5.41, 5.74) is 7.16. The molecule has 0 fully saturated rings. The van der Waals surface area contributed by atoms with Gasteiger partial charge in [-0.2, -0.15) is 0 Å². The van der Waals surface area contributed by atoms with E-state index in [1.165, 1.54) is 29.4 Å². The van der Waals surface area contributed by atoms with Crippen LogP contribution in [0.4, 0.5) is 10.1 Å². The molecule has 14 heavy (non-hydrogen) atoms. The van der Waals surface area contributed by atoms with Gasteiger partial charge in [0.15, 0.2) is 0 Å². The Labute approximate surface area is 96.1 Å². The number of anilines is 1. The highest BCUT2D eigenvalue weighted by Gasteiger charge is 2.00. The topological polar surface area (TPSA) is 26.0 Å². The second-order valence-electron chi connectivity index (χ2n) is 2.56. The average molecular weight is 252 g/mol. The fraction of sp³-hybridized carbons (Fsp3) is 0.111. The first-order valence-corrected chi connectivity index (χ1v) is 5.55. The summed E-state index contributed by atoms with van der Waals surface area (Å²) in [6, 6.07) is 4.36. The summed E-state index contributed by atoms with van der Waals surface area (Å²) in [5, 5.41) is 0.513. The van der Waals surface area contributed by atoms with Crippen LogP contribution in [0.2, 0.25) is 0 Å². The van der Waals surface area contributed by atoms with Crippen molar-refractivity contribution in [3.8, 4) is 0 Å². The van der Waals surface area contributed by atoms with Crippen molar-refractivity contribution < 1.29 is 4.39 Å². The second-order valence-corrected chi connectivity index (χ2v) is 4.32. The lowest BCUT2D eigenvalue weighted by molar-refractivity contribution is 0.625. The number of hydrogen-bond acceptors (Lipinski definition) is 2. The average Bonchev–Trinajstić information content (AvgIpc) is 2.12. The van der Waals surface area contributed by atoms with E-state index >= 15 is 0 Å². The van der Waals surface area contributed by atoms with Gasteiger partial charge in [-0.15, -0.1) is 11.8 Å². The van der Waals surface area contributed by atoms with Crippen LogP contribution in [0, 0.1) is 5.82 Å². The van der Waals surface area contributed by atoms with Crippen molar-refractivity contribution in [2.75, 3.05) is 11.5 Å². The highest BCUT2D eigenvalue weighted by molar-refractivity contribution is 7.99. The third kappa shape index (κ3) is 3.78. The van der Waals surface area contributed by atoms with Crippen molar-refractivity contribution in [1.29, 1.82) is 0 Å². The predicted octanol–water partition coefficient (Wildman–Crippen LogP) is 3.82. The lowest BCUT2D eigenvalue weighted by Crippen LogP contribution is -1.88. The highest BCUT2D eigenvalue weighted by atomic mass is 35.5. The van der Waals surface area contributed by atoms with Crippen LogP contribution in [0.5, 0.6) is 0 Å². The summed E-state index contributed by atoms with van der Waals surface area (Å²) in [6.45, 7) is 0. The van der Waals surface area contributed by atoms with Crippen LogP contribution in [0.15, 0.2) is 33.7 Å². The Morgan fingerprint density at radius 2 is 2.21 bits per heavy atom. The highest BCUT2D eigenvalue weighted by Crippen LogP contribution is 2.25. The fourth-order valence-corrected chi connectivity index (χ4v) is 1.99. The van der Waals surface area contributed by atoms with Gasteiger partial charge in [-0.25, -0.2) is 4.39 Å². The third-order valence-corrected chi connectivity index (χ3v) is 3.19. The van der Waals surface area contributed by atoms with Crippen LogP contribution >= 0.6 is 35.0 Å². The van der Waals surface area contributed by atoms with E-state index in [1.54, 1.807) is 6.07 Å². The zero-order valence-electron chi connectivity index (χ0n) is 7.14. The summed E-state index contributed by atoms with van der Waals surface area (Å²) in [7, 11) is 0. The van der Waals surface area contributed by atoms with E-state index in [2.05, 4.69) is 0 Å². The Balaban J connectivity index is 2.67. The molecular weight excluding hydrogens is 244 g/mol. The van der Waals surface area contributed by atoms with Gasteiger partial charge in [-0.1, -0.05) is 23.2 Å². The van der Waals surface area contributed by atoms with Gasteiger partial charge in [0.1, 0.15) is 5.82 Å². The molecule has 0 spiro atoms. The van der Waals surface area contributed by atoms with Crippen LogP contribution < -0.4 is 5.73 Å². The minimum atomic E-state index is -0.349. The van der Waals surface area contributed by atoms with Gasteiger partial charge in [0.25, 0.3) is 0 Å². The Morgan fingerprint density at radius 3 is 2.79 bits per heavy atom. The molecule has 1 nitrogen and oxygen atoms in total. The van der Waals surface area contributed by atoms with Crippen molar-refractivity contribution in [3.63, 3.8) is 0 Å². The van der Waals surface area contributed by atoms with Crippen molar-refractivity contribution in [3.05, 3.63) is 34.6 Å². The van der Waals surface area contributed by atoms with Gasteiger partial charge < -0.3 is 5.73 Å². The summed E-state index contributed by atoms with van der Waals surface area (Å²) in [6.07, 6.45) is 0. The van der Waals surface area contributed by atoms with Crippen molar-refractivity contribution in [2.45, 2.75) is 4.90 Å². The van der Waals surface area contributed by atoms with Crippen LogP contribution in [-0.4, -0.2) is 5.75 Å². The second kappa shape index (κ2) is 5.49. The largest absolute Gasteiger partial charge is 0.399 e. The van der Waals surface area contributed by atoms with Gasteiger partial charge in [0.05, 0.1) is 0 Å². The zero-order chi connectivity index (χ0) is 10.6. The van der Waals surface area contributed by atoms with Crippen LogP contribution in [0.25, 0.3) is 0 Å². The molecule has 0 saturated heterocycles. The SMILES string of the molecule is Nc1cc(F)cc(SCC(Cl)=CCl)c1. The summed E-state index contributed by atoms with van der Waals surface area (Å²) >= 11 is 12.4. The Bertz CT molecular complexity index is 334. The molecule has 2 N–H and O–H groups in total. The molecule has 0 atom stereocenters. The first-order valence-electron chi connectivity index (χ1n) is 3.75. The maximum Gasteiger partial charge on any atom is 0.126 e. The molecule has 76 valence electrons. The molecule has 0 saturated carbocycles. The van der Waals surface area contributed by atoms with Gasteiger partial charge in [0, 0.05) is 26.9 Å². The maximum atomic E-state index is 12.9. The predicted molar refractivity (Wildman–Crippen MR) is 61.3 cm³/mol. The van der Waals surface area contributed by atoms with E-state index in [-0.39, 0.29) is 5.82 Å². The Hall–Kier alpha value is -0.380. The Kier molecular flexibility index (Phi) is 4.58. The van der Waals surface area contributed by atoms with Gasteiger partial charge in [0.2, 0.25) is 0 Å². The maximum absolute atomic E-state index is 12.9. The lowest BCUT2D eigenvalue weighted by Gasteiger charge is -2.02. The molecule has 0 unspecified atom stereocenters. The number of nitrogen functional groups attached to an aromatic ring is 1. The summed E-state index contributed by atoms with van der Waals surface area (Å²) in [5.74, 6) is 0.159. The molecule has 0 aromatic heterocycles. The number of rotatable bonds is 3. The number of benzene rings is 1. The summed E-state index contributed by atoms with van der Waals surface area (Å²) in [4.78, 5) is 0.735. The quantitative estimate of drug-likeness (QED) is 0.653. The molecule has 0 amide bonds. The van der Waals surface area contributed by atoms with E-state index in [0.717, 1.165) is 4.90 Å². The molecule has 0 radical (unpaired) electrons. The summed E-state index contributed by atoms with van der Waals surface area (Å²) < 4.78 is 12.9. The van der Waals surface area contributed by atoms with Gasteiger partial charge in [-0.05, 0) is 18.2 Å². The zero-order valence-corrected chi connectivity index (χ0v) is 9.46. The fourth-order valence-electron chi connectivity index (χ4n) is 0.851. The van der Waals surface area contributed by atoms with Crippen molar-refractivity contribution in [2.24, 2.45) is 0 Å². The molecule has 0 heterocycles. The minimum Gasteiger partial charge on any atom is -0.399 e. The van der Waals surface area contributed by atoms with E-state index in [0.29, 0.717) is 16.5 Å². The van der Waals surface area contributed by atoms with Crippen LogP contribution in [-0.2, 0) is 0 Å². The van der Waals surface area contributed by atoms with Crippen LogP contribution in [0.1, 0.15) is 0 Å². The number of nitrogens with two attached hydrogens (primary N) is 1. The molecule has 0 aliphatic heterocycles. The Morgan fingerprint density at radius 1 is 1.50 bits per heavy atom. The van der Waals surface area contributed by atoms with Crippen molar-refractivity contribution >= 4 is 40.7 Å². The first kappa shape index (κ1) is 11.7. The molecule has 1 rings (SSSR count). The lowest BCUT2D eigenvalue weighted by atomic mass is 10.3. The van der Waals surface area contributed by atoms with E-state index < -0.39 is 0 Å². The third-order valence-electron chi connectivity index (χ3n) is 1.39. The monoisotopic (exact) mass is 251 g/mol. The number of thioether (sulfide) groups is 1. The van der Waals surface area contributed by atoms with E-state index in [9.17, 15) is 4.39 Å². The standard InChI is InChI=1S/C9H8Cl2FNS/c10-4-6(11)5-14-9-2-7(12)1-8(13)3-9/h1-4H,5,13H2. The molecule has 0 aliphatic rings. The normalized spacial score (nSPS) is 11.8. The van der Waals surface area contributed by atoms with E-state index in [4.69, 9.17) is 28.9 Å². The molecule has 5 heteroatoms. The first-order chi connectivity index (χ1) is 6.61.